The van der Waals surface area contributed by atoms with Gasteiger partial charge in [-0.05, 0) is 59.1 Å². The summed E-state index contributed by atoms with van der Waals surface area (Å²) in [6, 6.07) is 58.4. The van der Waals surface area contributed by atoms with Crippen LogP contribution < -0.4 is 14.9 Å². The van der Waals surface area contributed by atoms with E-state index < -0.39 is 0 Å². The smallest absolute Gasteiger partial charge is 0.524 e. The van der Waals surface area contributed by atoms with E-state index in [9.17, 15) is 0 Å². The number of hydrogen-bond donors (Lipinski definition) is 0. The first-order valence-corrected chi connectivity index (χ1v) is 15.1. The molecule has 1 aliphatic heterocycles. The van der Waals surface area contributed by atoms with E-state index in [0.29, 0.717) is 5.82 Å². The van der Waals surface area contributed by atoms with Gasteiger partial charge >= 0.3 is 7.05 Å². The molecule has 6 aromatic carbocycles. The average molecular weight is 577 g/mol. The minimum atomic E-state index is -0.291. The number of fused-ring (bicyclic) bond motifs is 1. The van der Waals surface area contributed by atoms with Gasteiger partial charge in [-0.15, -0.1) is 0 Å². The standard InChI is InChI=1S/C40H28BN3O/c1-4-12-29(13-5-1)30-20-24-34(25-21-30)41-44(38-18-10-11-19-39(38)45-41)35-26-22-33(23-27-35)40-42-36(31-14-6-2-7-15-31)28-37(43-40)32-16-8-3-9-17-32/h1-28H. The van der Waals surface area contributed by atoms with E-state index in [1.807, 2.05) is 54.6 Å². The molecule has 0 saturated carbocycles. The lowest BCUT2D eigenvalue weighted by molar-refractivity contribution is 0.603. The van der Waals surface area contributed by atoms with Gasteiger partial charge in [0.25, 0.3) is 0 Å². The van der Waals surface area contributed by atoms with Crippen LogP contribution in [0.2, 0.25) is 0 Å². The fraction of sp³-hybridized carbons (Fsp3) is 0. The molecule has 0 atom stereocenters. The highest BCUT2D eigenvalue weighted by atomic mass is 16.5. The Morgan fingerprint density at radius 1 is 0.444 bits per heavy atom. The number of rotatable bonds is 6. The van der Waals surface area contributed by atoms with E-state index in [2.05, 4.69) is 120 Å². The second-order valence-corrected chi connectivity index (χ2v) is 11.0. The lowest BCUT2D eigenvalue weighted by Crippen LogP contribution is -2.46. The van der Waals surface area contributed by atoms with Crippen LogP contribution >= 0.6 is 0 Å². The van der Waals surface area contributed by atoms with E-state index in [4.69, 9.17) is 14.6 Å². The van der Waals surface area contributed by atoms with Crippen LogP contribution in [0.25, 0.3) is 45.0 Å². The van der Waals surface area contributed by atoms with E-state index >= 15 is 0 Å². The van der Waals surface area contributed by atoms with Crippen molar-refractivity contribution < 1.29 is 4.65 Å². The Balaban J connectivity index is 1.16. The minimum absolute atomic E-state index is 0.291. The molecule has 1 aromatic heterocycles. The number of aromatic nitrogens is 2. The Morgan fingerprint density at radius 3 is 1.53 bits per heavy atom. The molecule has 0 N–H and O–H groups in total. The summed E-state index contributed by atoms with van der Waals surface area (Å²) in [5, 5.41) is 0. The number of para-hydroxylation sites is 2. The Kier molecular flexibility index (Phi) is 6.89. The first-order valence-electron chi connectivity index (χ1n) is 15.1. The van der Waals surface area contributed by atoms with Crippen LogP contribution in [0, 0.1) is 0 Å². The summed E-state index contributed by atoms with van der Waals surface area (Å²) >= 11 is 0. The predicted octanol–water partition coefficient (Wildman–Crippen LogP) is 9.07. The molecule has 2 heterocycles. The van der Waals surface area contributed by atoms with Crippen LogP contribution in [-0.4, -0.2) is 17.0 Å². The zero-order chi connectivity index (χ0) is 30.0. The molecule has 7 aromatic rings. The van der Waals surface area contributed by atoms with Crippen molar-refractivity contribution in [2.75, 3.05) is 4.81 Å². The van der Waals surface area contributed by atoms with Gasteiger partial charge in [0.05, 0.1) is 17.1 Å². The minimum Gasteiger partial charge on any atom is -0.536 e. The normalized spacial score (nSPS) is 12.1. The molecule has 0 radical (unpaired) electrons. The first-order chi connectivity index (χ1) is 22.3. The number of benzene rings is 6. The van der Waals surface area contributed by atoms with E-state index in [-0.39, 0.29) is 7.05 Å². The molecule has 8 rings (SSSR count). The molecule has 5 heteroatoms. The van der Waals surface area contributed by atoms with Gasteiger partial charge in [-0.2, -0.15) is 0 Å². The Morgan fingerprint density at radius 2 is 0.933 bits per heavy atom. The number of hydrogen-bond acceptors (Lipinski definition) is 4. The van der Waals surface area contributed by atoms with Gasteiger partial charge in [-0.25, -0.2) is 9.97 Å². The molecule has 0 aliphatic carbocycles. The summed E-state index contributed by atoms with van der Waals surface area (Å²) in [7, 11) is -0.291. The van der Waals surface area contributed by atoms with Gasteiger partial charge in [0.1, 0.15) is 5.75 Å². The zero-order valence-corrected chi connectivity index (χ0v) is 24.5. The van der Waals surface area contributed by atoms with Gasteiger partial charge in [-0.1, -0.05) is 127 Å². The quantitative estimate of drug-likeness (QED) is 0.185. The Labute approximate surface area is 263 Å². The van der Waals surface area contributed by atoms with Crippen LogP contribution in [0.4, 0.5) is 11.4 Å². The molecular weight excluding hydrogens is 549 g/mol. The fourth-order valence-corrected chi connectivity index (χ4v) is 5.88. The summed E-state index contributed by atoms with van der Waals surface area (Å²) < 4.78 is 6.55. The van der Waals surface area contributed by atoms with Crippen molar-refractivity contribution in [2.24, 2.45) is 0 Å². The van der Waals surface area contributed by atoms with E-state index in [1.165, 1.54) is 11.1 Å². The molecule has 212 valence electrons. The van der Waals surface area contributed by atoms with Crippen LogP contribution in [0.5, 0.6) is 5.75 Å². The summed E-state index contributed by atoms with van der Waals surface area (Å²) in [6.07, 6.45) is 0. The summed E-state index contributed by atoms with van der Waals surface area (Å²) in [4.78, 5) is 12.3. The van der Waals surface area contributed by atoms with Crippen molar-refractivity contribution in [3.05, 3.63) is 170 Å². The maximum absolute atomic E-state index is 6.55. The molecule has 4 nitrogen and oxygen atoms in total. The molecular formula is C40H28BN3O. The molecule has 0 bridgehead atoms. The molecule has 0 spiro atoms. The van der Waals surface area contributed by atoms with Gasteiger partial charge in [0.15, 0.2) is 5.82 Å². The van der Waals surface area contributed by atoms with Gasteiger partial charge in [-0.3, -0.25) is 0 Å². The number of nitrogens with zero attached hydrogens (tertiary/aromatic N) is 3. The van der Waals surface area contributed by atoms with Crippen molar-refractivity contribution in [1.82, 2.24) is 9.97 Å². The maximum atomic E-state index is 6.55. The zero-order valence-electron chi connectivity index (χ0n) is 24.5. The van der Waals surface area contributed by atoms with Crippen molar-refractivity contribution in [2.45, 2.75) is 0 Å². The van der Waals surface area contributed by atoms with Crippen LogP contribution in [0.1, 0.15) is 0 Å². The summed E-state index contributed by atoms with van der Waals surface area (Å²) in [5.41, 5.74) is 10.4. The van der Waals surface area contributed by atoms with E-state index in [0.717, 1.165) is 50.7 Å². The molecule has 0 unspecified atom stereocenters. The second-order valence-electron chi connectivity index (χ2n) is 11.0. The van der Waals surface area contributed by atoms with Crippen molar-refractivity contribution in [3.8, 4) is 50.8 Å². The highest BCUT2D eigenvalue weighted by molar-refractivity contribution is 6.74. The van der Waals surface area contributed by atoms with Gasteiger partial charge in [0.2, 0.25) is 0 Å². The molecule has 0 fully saturated rings. The number of anilines is 2. The lowest BCUT2D eigenvalue weighted by atomic mass is 9.71. The topological polar surface area (TPSA) is 38.2 Å². The highest BCUT2D eigenvalue weighted by Gasteiger charge is 2.39. The van der Waals surface area contributed by atoms with Crippen molar-refractivity contribution in [3.63, 3.8) is 0 Å². The Hall–Kier alpha value is -5.94. The predicted molar refractivity (Wildman–Crippen MR) is 185 cm³/mol. The molecule has 1 aliphatic rings. The third-order valence-electron chi connectivity index (χ3n) is 8.17. The van der Waals surface area contributed by atoms with Crippen molar-refractivity contribution in [1.29, 1.82) is 0 Å². The molecule has 0 saturated heterocycles. The van der Waals surface area contributed by atoms with Crippen LogP contribution in [-0.2, 0) is 0 Å². The third kappa shape index (κ3) is 5.25. The lowest BCUT2D eigenvalue weighted by Gasteiger charge is -2.23. The molecule has 45 heavy (non-hydrogen) atoms. The monoisotopic (exact) mass is 577 g/mol. The molecule has 0 amide bonds. The van der Waals surface area contributed by atoms with Gasteiger partial charge in [0, 0.05) is 22.4 Å². The third-order valence-corrected chi connectivity index (χ3v) is 8.17. The van der Waals surface area contributed by atoms with Crippen molar-refractivity contribution >= 4 is 23.9 Å². The summed E-state index contributed by atoms with van der Waals surface area (Å²) in [6.45, 7) is 0. The Bertz CT molecular complexity index is 2010. The van der Waals surface area contributed by atoms with Gasteiger partial charge < -0.3 is 9.47 Å². The van der Waals surface area contributed by atoms with Crippen LogP contribution in [0.15, 0.2) is 170 Å². The first kappa shape index (κ1) is 26.7. The summed E-state index contributed by atoms with van der Waals surface area (Å²) in [5.74, 6) is 1.55. The average Bonchev–Trinajstić information content (AvgIpc) is 3.52. The fourth-order valence-electron chi connectivity index (χ4n) is 5.88. The second kappa shape index (κ2) is 11.6. The highest BCUT2D eigenvalue weighted by Crippen LogP contribution is 2.41. The SMILES string of the molecule is c1ccc(-c2ccc(B3Oc4ccccc4N3c3ccc(-c4nc(-c5ccccc5)cc(-c5ccccc5)n4)cc3)cc2)cc1. The van der Waals surface area contributed by atoms with Crippen LogP contribution in [0.3, 0.4) is 0 Å². The van der Waals surface area contributed by atoms with E-state index in [1.54, 1.807) is 0 Å². The largest absolute Gasteiger partial charge is 0.536 e. The maximum Gasteiger partial charge on any atom is 0.524 e.